The number of hydrogen-bond donors (Lipinski definition) is 1. The van der Waals surface area contributed by atoms with Gasteiger partial charge in [0.25, 0.3) is 0 Å². The van der Waals surface area contributed by atoms with Crippen molar-refractivity contribution in [2.24, 2.45) is 4.99 Å². The Bertz CT molecular complexity index is 1320. The van der Waals surface area contributed by atoms with E-state index in [9.17, 15) is 22.8 Å². The molecule has 1 aliphatic heterocycles. The van der Waals surface area contributed by atoms with Crippen LogP contribution in [0.4, 0.5) is 22.8 Å². The van der Waals surface area contributed by atoms with Gasteiger partial charge in [-0.3, -0.25) is 5.32 Å². The zero-order chi connectivity index (χ0) is 32.7. The molecule has 2 amide bonds. The zero-order valence-corrected chi connectivity index (χ0v) is 26.0. The molecule has 0 aliphatic carbocycles. The molecule has 0 unspecified atom stereocenters. The van der Waals surface area contributed by atoms with Crippen LogP contribution in [0.15, 0.2) is 27.7 Å². The van der Waals surface area contributed by atoms with E-state index in [2.05, 4.69) is 20.4 Å². The third-order valence-electron chi connectivity index (χ3n) is 6.00. The number of hydrogen-bond acceptors (Lipinski definition) is 9. The topological polar surface area (TPSA) is 138 Å². The summed E-state index contributed by atoms with van der Waals surface area (Å²) < 4.78 is 68.2. The van der Waals surface area contributed by atoms with Crippen LogP contribution in [0.3, 0.4) is 0 Å². The SMILES string of the molecule is COCCCCOc1ccc(-c2noc([C@@H]3CCCN3/C(=N\C(=O)OC(C)(C)C)NC(=O)OC(C)(C)C)n2)cc1C(F)(F)F. The molecule has 0 bridgehead atoms. The summed E-state index contributed by atoms with van der Waals surface area (Å²) in [6.07, 6.45) is -4.24. The Morgan fingerprint density at radius 2 is 1.75 bits per heavy atom. The van der Waals surface area contributed by atoms with Crippen molar-refractivity contribution in [2.75, 3.05) is 26.9 Å². The number of nitrogens with one attached hydrogen (secondary N) is 1. The number of ether oxygens (including phenoxy) is 4. The molecule has 244 valence electrons. The van der Waals surface area contributed by atoms with Crippen molar-refractivity contribution in [3.63, 3.8) is 0 Å². The first-order valence-electron chi connectivity index (χ1n) is 14.2. The number of rotatable bonds is 8. The number of alkyl carbamates (subject to hydrolysis) is 1. The van der Waals surface area contributed by atoms with Crippen molar-refractivity contribution in [3.05, 3.63) is 29.7 Å². The highest BCUT2D eigenvalue weighted by Gasteiger charge is 2.37. The number of nitrogens with zero attached hydrogens (tertiary/aromatic N) is 4. The third kappa shape index (κ3) is 10.4. The van der Waals surface area contributed by atoms with Gasteiger partial charge in [0.2, 0.25) is 17.7 Å². The number of guanidine groups is 1. The van der Waals surface area contributed by atoms with Crippen LogP contribution in [0.25, 0.3) is 11.4 Å². The molecule has 15 heteroatoms. The van der Waals surface area contributed by atoms with Crippen molar-refractivity contribution in [2.45, 2.75) is 90.6 Å². The van der Waals surface area contributed by atoms with Crippen LogP contribution < -0.4 is 10.1 Å². The lowest BCUT2D eigenvalue weighted by molar-refractivity contribution is -0.138. The molecular formula is C29H40F3N5O7. The van der Waals surface area contributed by atoms with Crippen LogP contribution in [0.2, 0.25) is 0 Å². The molecular weight excluding hydrogens is 587 g/mol. The number of benzene rings is 1. The summed E-state index contributed by atoms with van der Waals surface area (Å²) in [4.78, 5) is 35.1. The average molecular weight is 628 g/mol. The molecule has 0 saturated carbocycles. The lowest BCUT2D eigenvalue weighted by Gasteiger charge is -2.27. The highest BCUT2D eigenvalue weighted by molar-refractivity contribution is 5.99. The predicted molar refractivity (Wildman–Crippen MR) is 153 cm³/mol. The second-order valence-corrected chi connectivity index (χ2v) is 12.1. The van der Waals surface area contributed by atoms with E-state index in [1.807, 2.05) is 0 Å². The molecule has 2 aromatic rings. The molecule has 1 aromatic carbocycles. The van der Waals surface area contributed by atoms with Gasteiger partial charge >= 0.3 is 18.4 Å². The summed E-state index contributed by atoms with van der Waals surface area (Å²) in [5, 5.41) is 6.42. The molecule has 0 spiro atoms. The highest BCUT2D eigenvalue weighted by atomic mass is 19.4. The Hall–Kier alpha value is -3.88. The maximum Gasteiger partial charge on any atom is 0.437 e. The van der Waals surface area contributed by atoms with Crippen LogP contribution in [-0.4, -0.2) is 71.3 Å². The Kier molecular flexibility index (Phi) is 11.2. The summed E-state index contributed by atoms with van der Waals surface area (Å²) in [6.45, 7) is 11.0. The highest BCUT2D eigenvalue weighted by Crippen LogP contribution is 2.39. The van der Waals surface area contributed by atoms with Gasteiger partial charge in [0.15, 0.2) is 0 Å². The third-order valence-corrected chi connectivity index (χ3v) is 6.00. The maximum absolute atomic E-state index is 13.9. The van der Waals surface area contributed by atoms with Gasteiger partial charge in [-0.25, -0.2) is 9.59 Å². The second-order valence-electron chi connectivity index (χ2n) is 12.1. The standard InChI is InChI=1S/C29H40F3N5O7/c1-27(2,3)42-25(38)34-24(35-26(39)43-28(4,5)6)37-14-10-11-20(37)23-33-22(36-44-23)18-12-13-21(19(17-18)29(30,31)32)41-16-9-8-15-40-7/h12-13,17,20H,8-11,14-16H2,1-7H3,(H,34,35,38,39)/t20-/m0/s1. The number of aliphatic imine (C=N–C) groups is 1. The smallest absolute Gasteiger partial charge is 0.437 e. The minimum atomic E-state index is -4.69. The lowest BCUT2D eigenvalue weighted by atomic mass is 10.1. The number of methoxy groups -OCH3 is 1. The Balaban J connectivity index is 1.88. The summed E-state index contributed by atoms with van der Waals surface area (Å²) >= 11 is 0. The van der Waals surface area contributed by atoms with E-state index in [0.717, 1.165) is 6.07 Å². The molecule has 0 radical (unpaired) electrons. The first-order chi connectivity index (χ1) is 20.5. The summed E-state index contributed by atoms with van der Waals surface area (Å²) in [5.41, 5.74) is -2.57. The van der Waals surface area contributed by atoms with Crippen LogP contribution in [0.1, 0.15) is 84.7 Å². The van der Waals surface area contributed by atoms with Gasteiger partial charge in [0.1, 0.15) is 23.0 Å². The minimum Gasteiger partial charge on any atom is -0.493 e. The molecule has 44 heavy (non-hydrogen) atoms. The van der Waals surface area contributed by atoms with Crippen LogP contribution in [0, 0.1) is 0 Å². The van der Waals surface area contributed by atoms with Crippen molar-refractivity contribution >= 4 is 18.1 Å². The average Bonchev–Trinajstić information content (AvgIpc) is 3.55. The molecule has 1 atom stereocenters. The van der Waals surface area contributed by atoms with Gasteiger partial charge < -0.3 is 28.4 Å². The van der Waals surface area contributed by atoms with Crippen LogP contribution in [-0.2, 0) is 20.4 Å². The van der Waals surface area contributed by atoms with Gasteiger partial charge in [-0.2, -0.15) is 18.2 Å². The quantitative estimate of drug-likeness (QED) is 0.196. The number of halogens is 3. The maximum atomic E-state index is 13.9. The molecule has 3 rings (SSSR count). The number of carbonyl (C=O) groups excluding carboxylic acids is 2. The molecule has 1 aliphatic rings. The largest absolute Gasteiger partial charge is 0.493 e. The number of unbranched alkanes of at least 4 members (excludes halogenated alkanes) is 1. The Labute approximate surface area is 254 Å². The molecule has 1 N–H and O–H groups in total. The second kappa shape index (κ2) is 14.3. The van der Waals surface area contributed by atoms with E-state index in [1.165, 1.54) is 12.1 Å². The van der Waals surface area contributed by atoms with Crippen molar-refractivity contribution in [3.8, 4) is 17.1 Å². The van der Waals surface area contributed by atoms with Crippen molar-refractivity contribution in [1.29, 1.82) is 0 Å². The monoisotopic (exact) mass is 627 g/mol. The van der Waals surface area contributed by atoms with Crippen molar-refractivity contribution in [1.82, 2.24) is 20.4 Å². The van der Waals surface area contributed by atoms with Gasteiger partial charge in [-0.15, -0.1) is 4.99 Å². The number of alkyl halides is 3. The van der Waals surface area contributed by atoms with Crippen LogP contribution in [0.5, 0.6) is 5.75 Å². The first-order valence-corrected chi connectivity index (χ1v) is 14.2. The van der Waals surface area contributed by atoms with E-state index in [-0.39, 0.29) is 35.6 Å². The fourth-order valence-corrected chi connectivity index (χ4v) is 4.24. The van der Waals surface area contributed by atoms with E-state index < -0.39 is 41.2 Å². The minimum absolute atomic E-state index is 0.0624. The van der Waals surface area contributed by atoms with E-state index in [0.29, 0.717) is 38.8 Å². The number of aromatic nitrogens is 2. The number of amides is 2. The van der Waals surface area contributed by atoms with Crippen molar-refractivity contribution < 1.29 is 46.2 Å². The Morgan fingerprint density at radius 1 is 1.07 bits per heavy atom. The van der Waals surface area contributed by atoms with Gasteiger partial charge in [-0.1, -0.05) is 5.16 Å². The van der Waals surface area contributed by atoms with E-state index in [1.54, 1.807) is 53.6 Å². The van der Waals surface area contributed by atoms with E-state index >= 15 is 0 Å². The molecule has 12 nitrogen and oxygen atoms in total. The van der Waals surface area contributed by atoms with Crippen LogP contribution >= 0.6 is 0 Å². The summed E-state index contributed by atoms with van der Waals surface area (Å²) in [5.74, 6) is -0.468. The van der Waals surface area contributed by atoms with E-state index in [4.69, 9.17) is 23.5 Å². The molecule has 1 fully saturated rings. The Morgan fingerprint density at radius 3 is 2.39 bits per heavy atom. The number of likely N-dealkylation sites (tertiary alicyclic amines) is 1. The lowest BCUT2D eigenvalue weighted by Crippen LogP contribution is -2.46. The van der Waals surface area contributed by atoms with Gasteiger partial charge in [-0.05, 0) is 85.4 Å². The fourth-order valence-electron chi connectivity index (χ4n) is 4.24. The summed E-state index contributed by atoms with van der Waals surface area (Å²) in [6, 6.07) is 2.90. The van der Waals surface area contributed by atoms with Gasteiger partial charge in [0, 0.05) is 25.8 Å². The number of carbonyl (C=O) groups is 2. The molecule has 1 aromatic heterocycles. The molecule has 2 heterocycles. The molecule has 1 saturated heterocycles. The summed E-state index contributed by atoms with van der Waals surface area (Å²) in [7, 11) is 1.55. The normalized spacial score (nSPS) is 16.2. The first kappa shape index (κ1) is 34.6. The zero-order valence-electron chi connectivity index (χ0n) is 26.0. The fraction of sp³-hybridized carbons (Fsp3) is 0.621. The van der Waals surface area contributed by atoms with Gasteiger partial charge in [0.05, 0.1) is 12.2 Å². The predicted octanol–water partition coefficient (Wildman–Crippen LogP) is 6.51.